The van der Waals surface area contributed by atoms with Gasteiger partial charge in [-0.25, -0.2) is 0 Å². The summed E-state index contributed by atoms with van der Waals surface area (Å²) in [5, 5.41) is 7.77. The minimum atomic E-state index is 0.362. The fourth-order valence-corrected chi connectivity index (χ4v) is 2.73. The topological polar surface area (TPSA) is 24.9 Å². The number of rotatable bonds is 4. The molecule has 16 heavy (non-hydrogen) atoms. The van der Waals surface area contributed by atoms with Gasteiger partial charge in [-0.05, 0) is 48.0 Å². The fourth-order valence-electron chi connectivity index (χ4n) is 1.82. The first-order valence-electron chi connectivity index (χ1n) is 5.41. The van der Waals surface area contributed by atoms with Crippen LogP contribution in [-0.4, -0.2) is 12.0 Å². The maximum atomic E-state index is 4.37. The van der Waals surface area contributed by atoms with E-state index in [0.717, 1.165) is 12.1 Å². The molecule has 0 saturated heterocycles. The van der Waals surface area contributed by atoms with Crippen LogP contribution >= 0.6 is 11.3 Å². The standard InChI is InChI=1S/C13H16N2S/c1-10-8-16-9-12(10)13(14-2)7-11-5-3-4-6-15-11/h3-6,8-9,13-14H,7H2,1-2H3. The number of hydrogen-bond donors (Lipinski definition) is 1. The Labute approximate surface area is 100 Å². The van der Waals surface area contributed by atoms with E-state index in [9.17, 15) is 0 Å². The van der Waals surface area contributed by atoms with Crippen LogP contribution in [-0.2, 0) is 6.42 Å². The summed E-state index contributed by atoms with van der Waals surface area (Å²) in [6.45, 7) is 2.16. The van der Waals surface area contributed by atoms with Crippen molar-refractivity contribution in [2.45, 2.75) is 19.4 Å². The van der Waals surface area contributed by atoms with E-state index in [0.29, 0.717) is 6.04 Å². The Morgan fingerprint density at radius 3 is 2.81 bits per heavy atom. The van der Waals surface area contributed by atoms with E-state index >= 15 is 0 Å². The number of nitrogens with zero attached hydrogens (tertiary/aromatic N) is 1. The van der Waals surface area contributed by atoms with Crippen molar-refractivity contribution >= 4 is 11.3 Å². The highest BCUT2D eigenvalue weighted by Gasteiger charge is 2.13. The molecule has 0 bridgehead atoms. The third kappa shape index (κ3) is 2.49. The highest BCUT2D eigenvalue weighted by molar-refractivity contribution is 7.08. The van der Waals surface area contributed by atoms with Gasteiger partial charge in [0.2, 0.25) is 0 Å². The van der Waals surface area contributed by atoms with Gasteiger partial charge in [-0.2, -0.15) is 11.3 Å². The minimum Gasteiger partial charge on any atom is -0.313 e. The predicted octanol–water partition coefficient (Wildman–Crippen LogP) is 2.95. The van der Waals surface area contributed by atoms with Gasteiger partial charge in [0.1, 0.15) is 0 Å². The second kappa shape index (κ2) is 5.23. The molecule has 0 fully saturated rings. The summed E-state index contributed by atoms with van der Waals surface area (Å²) >= 11 is 1.76. The molecular weight excluding hydrogens is 216 g/mol. The second-order valence-corrected chi connectivity index (χ2v) is 4.62. The molecule has 0 aromatic carbocycles. The van der Waals surface area contributed by atoms with Crippen molar-refractivity contribution in [2.75, 3.05) is 7.05 Å². The molecule has 3 heteroatoms. The van der Waals surface area contributed by atoms with Gasteiger partial charge in [0.25, 0.3) is 0 Å². The van der Waals surface area contributed by atoms with Crippen molar-refractivity contribution in [2.24, 2.45) is 0 Å². The summed E-state index contributed by atoms with van der Waals surface area (Å²) < 4.78 is 0. The molecule has 84 valence electrons. The number of aryl methyl sites for hydroxylation is 1. The SMILES string of the molecule is CNC(Cc1ccccn1)c1cscc1C. The van der Waals surface area contributed by atoms with Crippen LogP contribution in [0.1, 0.15) is 22.9 Å². The predicted molar refractivity (Wildman–Crippen MR) is 68.8 cm³/mol. The van der Waals surface area contributed by atoms with Gasteiger partial charge in [0.05, 0.1) is 0 Å². The van der Waals surface area contributed by atoms with Crippen LogP contribution < -0.4 is 5.32 Å². The first-order valence-corrected chi connectivity index (χ1v) is 6.35. The van der Waals surface area contributed by atoms with Gasteiger partial charge in [0.15, 0.2) is 0 Å². The van der Waals surface area contributed by atoms with Gasteiger partial charge in [-0.15, -0.1) is 0 Å². The molecule has 2 aromatic heterocycles. The fraction of sp³-hybridized carbons (Fsp3) is 0.308. The van der Waals surface area contributed by atoms with Crippen LogP contribution in [0.15, 0.2) is 35.2 Å². The van der Waals surface area contributed by atoms with Crippen LogP contribution in [0.4, 0.5) is 0 Å². The van der Waals surface area contributed by atoms with E-state index in [1.165, 1.54) is 11.1 Å². The monoisotopic (exact) mass is 232 g/mol. The molecule has 0 aliphatic rings. The first-order chi connectivity index (χ1) is 7.81. The van der Waals surface area contributed by atoms with Gasteiger partial charge in [-0.3, -0.25) is 4.98 Å². The molecule has 0 aliphatic carbocycles. The van der Waals surface area contributed by atoms with Crippen LogP contribution in [0.5, 0.6) is 0 Å². The summed E-state index contributed by atoms with van der Waals surface area (Å²) in [5.41, 5.74) is 3.88. The Hall–Kier alpha value is -1.19. The highest BCUT2D eigenvalue weighted by Crippen LogP contribution is 2.23. The molecule has 1 N–H and O–H groups in total. The van der Waals surface area contributed by atoms with Gasteiger partial charge in [-0.1, -0.05) is 6.07 Å². The van der Waals surface area contributed by atoms with Crippen LogP contribution in [0.25, 0.3) is 0 Å². The van der Waals surface area contributed by atoms with E-state index in [1.807, 2.05) is 25.4 Å². The quantitative estimate of drug-likeness (QED) is 0.876. The van der Waals surface area contributed by atoms with E-state index in [2.05, 4.69) is 34.1 Å². The normalized spacial score (nSPS) is 12.6. The number of pyridine rings is 1. The Bertz CT molecular complexity index is 436. The van der Waals surface area contributed by atoms with Crippen molar-refractivity contribution in [3.63, 3.8) is 0 Å². The maximum absolute atomic E-state index is 4.37. The lowest BCUT2D eigenvalue weighted by molar-refractivity contribution is 0.583. The molecule has 2 rings (SSSR count). The van der Waals surface area contributed by atoms with Crippen molar-refractivity contribution in [3.8, 4) is 0 Å². The van der Waals surface area contributed by atoms with Crippen molar-refractivity contribution in [3.05, 3.63) is 52.0 Å². The maximum Gasteiger partial charge on any atom is 0.0422 e. The third-order valence-electron chi connectivity index (χ3n) is 2.76. The van der Waals surface area contributed by atoms with Crippen molar-refractivity contribution < 1.29 is 0 Å². The van der Waals surface area contributed by atoms with Gasteiger partial charge >= 0.3 is 0 Å². The molecule has 1 unspecified atom stereocenters. The Kier molecular flexibility index (Phi) is 3.70. The number of aromatic nitrogens is 1. The second-order valence-electron chi connectivity index (χ2n) is 3.88. The molecule has 0 saturated carbocycles. The number of thiophene rings is 1. The number of likely N-dealkylation sites (N-methyl/N-ethyl adjacent to an activating group) is 1. The first kappa shape index (κ1) is 11.3. The zero-order valence-electron chi connectivity index (χ0n) is 9.60. The van der Waals surface area contributed by atoms with Gasteiger partial charge in [0, 0.05) is 24.4 Å². The lowest BCUT2D eigenvalue weighted by Gasteiger charge is -2.15. The van der Waals surface area contributed by atoms with E-state index < -0.39 is 0 Å². The van der Waals surface area contributed by atoms with E-state index in [1.54, 1.807) is 11.3 Å². The molecule has 0 radical (unpaired) electrons. The van der Waals surface area contributed by atoms with Crippen LogP contribution in [0.3, 0.4) is 0 Å². The van der Waals surface area contributed by atoms with Crippen molar-refractivity contribution in [1.82, 2.24) is 10.3 Å². The zero-order valence-corrected chi connectivity index (χ0v) is 10.4. The van der Waals surface area contributed by atoms with E-state index in [4.69, 9.17) is 0 Å². The summed E-state index contributed by atoms with van der Waals surface area (Å²) in [5.74, 6) is 0. The molecule has 0 amide bonds. The van der Waals surface area contributed by atoms with Gasteiger partial charge < -0.3 is 5.32 Å². The molecular formula is C13H16N2S. The number of hydrogen-bond acceptors (Lipinski definition) is 3. The molecule has 0 aliphatic heterocycles. The summed E-state index contributed by atoms with van der Waals surface area (Å²) in [4.78, 5) is 4.37. The largest absolute Gasteiger partial charge is 0.313 e. The summed E-state index contributed by atoms with van der Waals surface area (Å²) in [7, 11) is 2.00. The lowest BCUT2D eigenvalue weighted by Crippen LogP contribution is -2.19. The smallest absolute Gasteiger partial charge is 0.0422 e. The molecule has 0 spiro atoms. The average Bonchev–Trinajstić information content (AvgIpc) is 2.74. The molecule has 2 heterocycles. The van der Waals surface area contributed by atoms with Crippen molar-refractivity contribution in [1.29, 1.82) is 0 Å². The van der Waals surface area contributed by atoms with E-state index in [-0.39, 0.29) is 0 Å². The number of nitrogens with one attached hydrogen (secondary N) is 1. The van der Waals surface area contributed by atoms with Crippen LogP contribution in [0, 0.1) is 6.92 Å². The Morgan fingerprint density at radius 1 is 1.38 bits per heavy atom. The summed E-state index contributed by atoms with van der Waals surface area (Å²) in [6.07, 6.45) is 2.79. The minimum absolute atomic E-state index is 0.362. The average molecular weight is 232 g/mol. The Morgan fingerprint density at radius 2 is 2.25 bits per heavy atom. The molecule has 2 aromatic rings. The lowest BCUT2D eigenvalue weighted by atomic mass is 10.0. The van der Waals surface area contributed by atoms with Crippen LogP contribution in [0.2, 0.25) is 0 Å². The third-order valence-corrected chi connectivity index (χ3v) is 3.64. The highest BCUT2D eigenvalue weighted by atomic mass is 32.1. The zero-order chi connectivity index (χ0) is 11.4. The Balaban J connectivity index is 2.16. The summed E-state index contributed by atoms with van der Waals surface area (Å²) in [6, 6.07) is 6.43. The molecule has 1 atom stereocenters. The molecule has 2 nitrogen and oxygen atoms in total.